The summed E-state index contributed by atoms with van der Waals surface area (Å²) in [6.07, 6.45) is 3.00. The van der Waals surface area contributed by atoms with Crippen molar-refractivity contribution in [3.05, 3.63) is 39.2 Å². The van der Waals surface area contributed by atoms with E-state index in [4.69, 9.17) is 0 Å². The second kappa shape index (κ2) is 77.7. The Morgan fingerprint density at radius 2 is 0.889 bits per heavy atom. The Kier molecular flexibility index (Phi) is 294. The molecule has 0 spiro atoms. The van der Waals surface area contributed by atoms with Crippen LogP contribution in [0.3, 0.4) is 0 Å². The first-order chi connectivity index (χ1) is 2.83. The first-order valence-corrected chi connectivity index (χ1v) is 1.63. The second-order valence-corrected chi connectivity index (χ2v) is 0.577. The monoisotopic (exact) mass is 260 g/mol. The number of hydrogen-bond acceptors (Lipinski definition) is 0. The van der Waals surface area contributed by atoms with Gasteiger partial charge in [0.1, 0.15) is 0 Å². The van der Waals surface area contributed by atoms with Crippen molar-refractivity contribution in [2.75, 3.05) is 0 Å². The molecule has 9 heavy (non-hydrogen) atoms. The van der Waals surface area contributed by atoms with Crippen molar-refractivity contribution in [1.29, 1.82) is 0 Å². The zero-order valence-corrected chi connectivity index (χ0v) is 8.30. The normalized spacial score (nSPS) is 2.67. The summed E-state index contributed by atoms with van der Waals surface area (Å²) in [6.45, 7) is 13.0. The van der Waals surface area contributed by atoms with E-state index in [0.717, 1.165) is 0 Å². The molecule has 0 rings (SSSR count). The Balaban J connectivity index is -0.00000000889. The van der Waals surface area contributed by atoms with Crippen molar-refractivity contribution in [3.63, 3.8) is 0 Å². The molecule has 0 amide bonds. The molecule has 60 valence electrons. The quantitative estimate of drug-likeness (QED) is 0.465. The molecule has 0 aliphatic rings. The molecule has 0 saturated carbocycles. The Morgan fingerprint density at radius 3 is 0.889 bits per heavy atom. The van der Waals surface area contributed by atoms with E-state index >= 15 is 0 Å². The third-order valence-corrected chi connectivity index (χ3v) is 0. The molecule has 0 heterocycles. The first kappa shape index (κ1) is 34.0. The largest absolute Gasteiger partial charge is 2.00 e. The minimum Gasteiger partial charge on any atom is -0.245 e. The maximum atomic E-state index is 3.25. The van der Waals surface area contributed by atoms with Crippen molar-refractivity contribution in [1.82, 2.24) is 0 Å². The van der Waals surface area contributed by atoms with Crippen molar-refractivity contribution >= 4 is 24.8 Å². The summed E-state index contributed by atoms with van der Waals surface area (Å²) in [7, 11) is 0. The van der Waals surface area contributed by atoms with Gasteiger partial charge in [0.15, 0.2) is 0 Å². The summed E-state index contributed by atoms with van der Waals surface area (Å²) in [5.41, 5.74) is 0. The Labute approximate surface area is 84.3 Å². The second-order valence-electron chi connectivity index (χ2n) is 0.577. The average molecular weight is 261 g/mol. The fourth-order valence-electron chi connectivity index (χ4n) is 0. The summed E-state index contributed by atoms with van der Waals surface area (Å²) in [5, 5.41) is 0. The molecule has 0 atom stereocenters. The molecule has 0 bridgehead atoms. The minimum absolute atomic E-state index is 0. The van der Waals surface area contributed by atoms with Crippen LogP contribution in [0.1, 0.15) is 0 Å². The van der Waals surface area contributed by atoms with Gasteiger partial charge >= 0.3 is 20.4 Å². The van der Waals surface area contributed by atoms with Crippen LogP contribution in [0.5, 0.6) is 0 Å². The van der Waals surface area contributed by atoms with E-state index in [0.29, 0.717) is 0 Å². The van der Waals surface area contributed by atoms with Gasteiger partial charge in [-0.1, -0.05) is 0 Å². The third kappa shape index (κ3) is 1650. The van der Waals surface area contributed by atoms with Gasteiger partial charge in [0.25, 0.3) is 0 Å². The zero-order chi connectivity index (χ0) is 5.41. The predicted molar refractivity (Wildman–Crippen MR) is 45.6 cm³/mol. The molecule has 0 fully saturated rings. The Morgan fingerprint density at radius 1 is 0.889 bits per heavy atom. The van der Waals surface area contributed by atoms with Gasteiger partial charge in [-0.05, 0) is 0 Å². The van der Waals surface area contributed by atoms with Gasteiger partial charge in [0, 0.05) is 0 Å². The summed E-state index contributed by atoms with van der Waals surface area (Å²) in [5.74, 6) is 0. The zero-order valence-electron chi connectivity index (χ0n) is 5.12. The number of rotatable bonds is 0. The molecule has 0 nitrogen and oxygen atoms in total. The third-order valence-electron chi connectivity index (χ3n) is 0. The van der Waals surface area contributed by atoms with Crippen LogP contribution in [0, 0.1) is 13.8 Å². The molecule has 0 aromatic heterocycles. The minimum atomic E-state index is 0. The van der Waals surface area contributed by atoms with Gasteiger partial charge in [-0.25, -0.2) is 39.2 Å². The topological polar surface area (TPSA) is 0 Å². The molecule has 0 N–H and O–H groups in total. The number of allylic oxidation sites excluding steroid dienone is 2. The SMILES string of the molecule is C=C[CH2-].C=C[CH2-].Cl.Cl.[Pd+2]. The van der Waals surface area contributed by atoms with Crippen LogP contribution in [-0.2, 0) is 20.4 Å². The molecule has 0 aliphatic heterocycles. The van der Waals surface area contributed by atoms with Gasteiger partial charge in [-0.15, -0.1) is 24.8 Å². The van der Waals surface area contributed by atoms with Crippen molar-refractivity contribution in [2.24, 2.45) is 0 Å². The maximum Gasteiger partial charge on any atom is 2.00 e. The van der Waals surface area contributed by atoms with E-state index in [9.17, 15) is 0 Å². The van der Waals surface area contributed by atoms with Crippen LogP contribution in [0.15, 0.2) is 25.3 Å². The van der Waals surface area contributed by atoms with Crippen molar-refractivity contribution in [2.45, 2.75) is 0 Å². The molecule has 0 saturated heterocycles. The summed E-state index contributed by atoms with van der Waals surface area (Å²) >= 11 is 0. The fourth-order valence-corrected chi connectivity index (χ4v) is 0. The number of halogens is 2. The van der Waals surface area contributed by atoms with Crippen LogP contribution >= 0.6 is 24.8 Å². The van der Waals surface area contributed by atoms with Crippen molar-refractivity contribution in [3.8, 4) is 0 Å². The standard InChI is InChI=1S/2C3H5.2ClH.Pd/c2*1-3-2;;;/h2*3H,1-2H2;2*1H;/q2*-1;;;+2. The molecule has 0 aliphatic carbocycles. The van der Waals surface area contributed by atoms with Crippen LogP contribution in [0.25, 0.3) is 0 Å². The van der Waals surface area contributed by atoms with Crippen LogP contribution in [0.2, 0.25) is 0 Å². The molecular formula is C6H12Cl2Pd. The average Bonchev–Trinajstić information content (AvgIpc) is 1.39. The van der Waals surface area contributed by atoms with Crippen LogP contribution in [0.4, 0.5) is 0 Å². The van der Waals surface area contributed by atoms with Gasteiger partial charge in [-0.3, -0.25) is 0 Å². The van der Waals surface area contributed by atoms with Crippen molar-refractivity contribution < 1.29 is 20.4 Å². The summed E-state index contributed by atoms with van der Waals surface area (Å²) in [6, 6.07) is 0. The van der Waals surface area contributed by atoms with Gasteiger partial charge < -0.3 is 0 Å². The van der Waals surface area contributed by atoms with E-state index in [-0.39, 0.29) is 45.2 Å². The first-order valence-electron chi connectivity index (χ1n) is 1.63. The Hall–Kier alpha value is 0.462. The van der Waals surface area contributed by atoms with Gasteiger partial charge in [0.05, 0.1) is 0 Å². The van der Waals surface area contributed by atoms with Gasteiger partial charge in [0.2, 0.25) is 0 Å². The number of hydrogen-bond donors (Lipinski definition) is 0. The predicted octanol–water partition coefficient (Wildman–Crippen LogP) is 2.85. The van der Waals surface area contributed by atoms with E-state index in [1.165, 1.54) is 12.2 Å². The molecule has 3 heteroatoms. The molecule has 0 radical (unpaired) electrons. The fraction of sp³-hybridized carbons (Fsp3) is 0. The van der Waals surface area contributed by atoms with E-state index in [1.54, 1.807) is 0 Å². The van der Waals surface area contributed by atoms with E-state index in [2.05, 4.69) is 27.0 Å². The molecular weight excluding hydrogens is 249 g/mol. The Bertz CT molecular complexity index is 32.0. The maximum absolute atomic E-state index is 3.25. The summed E-state index contributed by atoms with van der Waals surface area (Å²) < 4.78 is 0. The molecule has 0 aromatic rings. The smallest absolute Gasteiger partial charge is 0.245 e. The van der Waals surface area contributed by atoms with Crippen LogP contribution in [-0.4, -0.2) is 0 Å². The van der Waals surface area contributed by atoms with E-state index < -0.39 is 0 Å². The molecule has 0 unspecified atom stereocenters. The van der Waals surface area contributed by atoms with E-state index in [1.807, 2.05) is 0 Å². The molecule has 0 aromatic carbocycles. The summed E-state index contributed by atoms with van der Waals surface area (Å²) in [4.78, 5) is 0. The van der Waals surface area contributed by atoms with Gasteiger partial charge in [-0.2, -0.15) is 0 Å². The van der Waals surface area contributed by atoms with Crippen LogP contribution < -0.4 is 0 Å².